The van der Waals surface area contributed by atoms with Crippen LogP contribution in [-0.4, -0.2) is 38.0 Å². The van der Waals surface area contributed by atoms with Crippen LogP contribution in [0.2, 0.25) is 5.02 Å². The van der Waals surface area contributed by atoms with E-state index in [2.05, 4.69) is 5.32 Å². The molecule has 1 amide bonds. The first-order valence-electron chi connectivity index (χ1n) is 8.29. The van der Waals surface area contributed by atoms with Crippen LogP contribution in [0.1, 0.15) is 18.1 Å². The van der Waals surface area contributed by atoms with Gasteiger partial charge in [-0.3, -0.25) is 4.79 Å². The predicted molar refractivity (Wildman–Crippen MR) is 112 cm³/mol. The van der Waals surface area contributed by atoms with Gasteiger partial charge in [0.1, 0.15) is 4.90 Å². The Bertz CT molecular complexity index is 959. The smallest absolute Gasteiger partial charge is 0.244 e. The second-order valence-corrected chi connectivity index (χ2v) is 10.4. The molecule has 0 radical (unpaired) electrons. The van der Waals surface area contributed by atoms with Gasteiger partial charge in [0.15, 0.2) is 0 Å². The third-order valence-electron chi connectivity index (χ3n) is 3.97. The van der Waals surface area contributed by atoms with Gasteiger partial charge in [0, 0.05) is 24.7 Å². The highest BCUT2D eigenvalue weighted by Crippen LogP contribution is 2.30. The molecule has 2 aromatic rings. The maximum Gasteiger partial charge on any atom is 0.244 e. The van der Waals surface area contributed by atoms with E-state index in [4.69, 9.17) is 11.6 Å². The van der Waals surface area contributed by atoms with Crippen molar-refractivity contribution in [1.29, 1.82) is 0 Å². The lowest BCUT2D eigenvalue weighted by molar-refractivity contribution is -0.115. The number of aryl methyl sites for hydroxylation is 2. The van der Waals surface area contributed by atoms with Gasteiger partial charge in [-0.25, -0.2) is 12.7 Å². The number of benzene rings is 2. The number of rotatable bonds is 6. The zero-order valence-corrected chi connectivity index (χ0v) is 18.3. The number of sulfonamides is 1. The van der Waals surface area contributed by atoms with Gasteiger partial charge < -0.3 is 5.32 Å². The Morgan fingerprint density at radius 1 is 1.15 bits per heavy atom. The van der Waals surface area contributed by atoms with Gasteiger partial charge in [-0.15, -0.1) is 11.8 Å². The van der Waals surface area contributed by atoms with Gasteiger partial charge in [0.25, 0.3) is 0 Å². The predicted octanol–water partition coefficient (Wildman–Crippen LogP) is 4.33. The lowest BCUT2D eigenvalue weighted by Crippen LogP contribution is -2.24. The van der Waals surface area contributed by atoms with Crippen LogP contribution in [0.25, 0.3) is 0 Å². The van der Waals surface area contributed by atoms with Crippen molar-refractivity contribution in [2.24, 2.45) is 0 Å². The van der Waals surface area contributed by atoms with E-state index in [1.165, 1.54) is 38.0 Å². The summed E-state index contributed by atoms with van der Waals surface area (Å²) in [7, 11) is -0.839. The van der Waals surface area contributed by atoms with Gasteiger partial charge >= 0.3 is 0 Å². The van der Waals surface area contributed by atoms with Crippen molar-refractivity contribution in [3.63, 3.8) is 0 Å². The van der Waals surface area contributed by atoms with E-state index >= 15 is 0 Å². The zero-order valence-electron chi connectivity index (χ0n) is 15.9. The number of halogens is 1. The van der Waals surface area contributed by atoms with Crippen LogP contribution in [0.15, 0.2) is 46.2 Å². The third-order valence-corrected chi connectivity index (χ3v) is 7.53. The third kappa shape index (κ3) is 5.25. The van der Waals surface area contributed by atoms with Gasteiger partial charge in [-0.1, -0.05) is 29.3 Å². The van der Waals surface area contributed by atoms with E-state index < -0.39 is 10.0 Å². The topological polar surface area (TPSA) is 66.5 Å². The first-order chi connectivity index (χ1) is 12.5. The molecule has 0 spiro atoms. The summed E-state index contributed by atoms with van der Waals surface area (Å²) >= 11 is 7.51. The molecule has 0 aliphatic rings. The second kappa shape index (κ2) is 8.65. The molecule has 0 aliphatic heterocycles. The number of hydrogen-bond acceptors (Lipinski definition) is 4. The van der Waals surface area contributed by atoms with E-state index in [-0.39, 0.29) is 21.1 Å². The van der Waals surface area contributed by atoms with Crippen LogP contribution < -0.4 is 5.32 Å². The van der Waals surface area contributed by atoms with Gasteiger partial charge in [-0.2, -0.15) is 0 Å². The highest BCUT2D eigenvalue weighted by atomic mass is 35.5. The standard InChI is InChI=1S/C19H23ClN2O3S2/c1-12-6-7-13(2)17(10-12)26-14(3)19(23)21-15-8-9-16(20)18(11-15)27(24,25)22(4)5/h6-11,14H,1-5H3,(H,21,23). The lowest BCUT2D eigenvalue weighted by atomic mass is 10.2. The number of carbonyl (C=O) groups is 1. The summed E-state index contributed by atoms with van der Waals surface area (Å²) in [6.07, 6.45) is 0. The first-order valence-corrected chi connectivity index (χ1v) is 11.0. The van der Waals surface area contributed by atoms with E-state index in [1.54, 1.807) is 6.07 Å². The molecule has 1 atom stereocenters. The number of nitrogens with one attached hydrogen (secondary N) is 1. The van der Waals surface area contributed by atoms with Crippen LogP contribution in [0.5, 0.6) is 0 Å². The van der Waals surface area contributed by atoms with E-state index in [0.717, 1.165) is 20.3 Å². The van der Waals surface area contributed by atoms with E-state index in [1.807, 2.05) is 39.0 Å². The van der Waals surface area contributed by atoms with Crippen molar-refractivity contribution >= 4 is 45.0 Å². The van der Waals surface area contributed by atoms with Crippen LogP contribution >= 0.6 is 23.4 Å². The van der Waals surface area contributed by atoms with Crippen LogP contribution in [0, 0.1) is 13.8 Å². The quantitative estimate of drug-likeness (QED) is 0.698. The zero-order chi connectivity index (χ0) is 20.4. The highest BCUT2D eigenvalue weighted by Gasteiger charge is 2.22. The van der Waals surface area contributed by atoms with Crippen LogP contribution in [0.4, 0.5) is 5.69 Å². The first kappa shape index (κ1) is 21.8. The molecule has 2 rings (SSSR count). The molecule has 5 nitrogen and oxygen atoms in total. The molecule has 0 fully saturated rings. The molecule has 2 aromatic carbocycles. The molecule has 0 aliphatic carbocycles. The number of hydrogen-bond donors (Lipinski definition) is 1. The van der Waals surface area contributed by atoms with Crippen LogP contribution in [-0.2, 0) is 14.8 Å². The summed E-state index contributed by atoms with van der Waals surface area (Å²) in [6, 6.07) is 10.5. The molecule has 0 bridgehead atoms. The fraction of sp³-hybridized carbons (Fsp3) is 0.316. The minimum absolute atomic E-state index is 0.0400. The van der Waals surface area contributed by atoms with Crippen molar-refractivity contribution in [2.45, 2.75) is 35.8 Å². The van der Waals surface area contributed by atoms with Crippen molar-refractivity contribution in [2.75, 3.05) is 19.4 Å². The van der Waals surface area contributed by atoms with Gasteiger partial charge in [0.05, 0.1) is 10.3 Å². The normalized spacial score (nSPS) is 12.9. The van der Waals surface area contributed by atoms with E-state index in [9.17, 15) is 13.2 Å². The maximum atomic E-state index is 12.6. The molecule has 146 valence electrons. The Balaban J connectivity index is 2.19. The Labute approximate surface area is 170 Å². The summed E-state index contributed by atoms with van der Waals surface area (Å²) in [5.74, 6) is -0.212. The van der Waals surface area contributed by atoms with E-state index in [0.29, 0.717) is 5.69 Å². The molecule has 1 unspecified atom stereocenters. The maximum absolute atomic E-state index is 12.6. The summed E-state index contributed by atoms with van der Waals surface area (Å²) in [6.45, 7) is 5.83. The highest BCUT2D eigenvalue weighted by molar-refractivity contribution is 8.00. The van der Waals surface area contributed by atoms with Gasteiger partial charge in [-0.05, 0) is 50.6 Å². The monoisotopic (exact) mass is 426 g/mol. The summed E-state index contributed by atoms with van der Waals surface area (Å²) in [4.78, 5) is 13.6. The number of carbonyl (C=O) groups excluding carboxylic acids is 1. The fourth-order valence-electron chi connectivity index (χ4n) is 2.30. The van der Waals surface area contributed by atoms with Crippen molar-refractivity contribution in [1.82, 2.24) is 4.31 Å². The van der Waals surface area contributed by atoms with Crippen molar-refractivity contribution < 1.29 is 13.2 Å². The molecular formula is C19H23ClN2O3S2. The number of thioether (sulfide) groups is 1. The molecule has 1 N–H and O–H groups in total. The average Bonchev–Trinajstić information content (AvgIpc) is 2.59. The summed E-state index contributed by atoms with van der Waals surface area (Å²) < 4.78 is 25.8. The Hall–Kier alpha value is -1.54. The van der Waals surface area contributed by atoms with Crippen molar-refractivity contribution in [3.8, 4) is 0 Å². The molecule has 27 heavy (non-hydrogen) atoms. The Morgan fingerprint density at radius 3 is 2.44 bits per heavy atom. The largest absolute Gasteiger partial charge is 0.325 e. The molecule has 8 heteroatoms. The summed E-state index contributed by atoms with van der Waals surface area (Å²) in [5.41, 5.74) is 2.63. The SMILES string of the molecule is Cc1ccc(C)c(SC(C)C(=O)Nc2ccc(Cl)c(S(=O)(=O)N(C)C)c2)c1. The molecule has 0 saturated heterocycles. The number of anilines is 1. The minimum Gasteiger partial charge on any atom is -0.325 e. The lowest BCUT2D eigenvalue weighted by Gasteiger charge is -2.16. The molecule has 0 aromatic heterocycles. The Morgan fingerprint density at radius 2 is 1.81 bits per heavy atom. The molecule has 0 heterocycles. The summed E-state index contributed by atoms with van der Waals surface area (Å²) in [5, 5.41) is 2.53. The molecule has 0 saturated carbocycles. The molecular weight excluding hydrogens is 404 g/mol. The van der Waals surface area contributed by atoms with Crippen LogP contribution in [0.3, 0.4) is 0 Å². The number of amides is 1. The fourth-order valence-corrected chi connectivity index (χ4v) is 4.75. The van der Waals surface area contributed by atoms with Gasteiger partial charge in [0.2, 0.25) is 15.9 Å². The number of nitrogens with zero attached hydrogens (tertiary/aromatic N) is 1. The van der Waals surface area contributed by atoms with Crippen molar-refractivity contribution in [3.05, 3.63) is 52.5 Å². The Kier molecular flexibility index (Phi) is 6.97. The average molecular weight is 427 g/mol. The minimum atomic E-state index is -3.70. The second-order valence-electron chi connectivity index (χ2n) is 6.45.